The van der Waals surface area contributed by atoms with Crippen molar-refractivity contribution in [3.8, 4) is 5.75 Å². The van der Waals surface area contributed by atoms with E-state index >= 15 is 0 Å². The molecule has 0 unspecified atom stereocenters. The third kappa shape index (κ3) is 4.41. The number of pyridine rings is 1. The van der Waals surface area contributed by atoms with Crippen LogP contribution in [0.25, 0.3) is 0 Å². The summed E-state index contributed by atoms with van der Waals surface area (Å²) < 4.78 is 9.61. The van der Waals surface area contributed by atoms with E-state index < -0.39 is 0 Å². The smallest absolute Gasteiger partial charge is 0.292 e. The normalized spacial score (nSPS) is 9.53. The molecule has 17 heavy (non-hydrogen) atoms. The van der Waals surface area contributed by atoms with Crippen LogP contribution in [0.15, 0.2) is 57.7 Å². The molecule has 1 heterocycles. The molecular formula is C12H10Br3NO. The van der Waals surface area contributed by atoms with Crippen molar-refractivity contribution in [1.29, 1.82) is 0 Å². The lowest BCUT2D eigenvalue weighted by atomic mass is 10.3. The Morgan fingerprint density at radius 3 is 2.47 bits per heavy atom. The summed E-state index contributed by atoms with van der Waals surface area (Å²) in [6, 6.07) is 11.8. The molecule has 1 aromatic heterocycles. The van der Waals surface area contributed by atoms with E-state index in [0.29, 0.717) is 6.73 Å². The zero-order chi connectivity index (χ0) is 11.4. The van der Waals surface area contributed by atoms with Crippen molar-refractivity contribution >= 4 is 31.9 Å². The first kappa shape index (κ1) is 14.7. The monoisotopic (exact) mass is 421 g/mol. The highest BCUT2D eigenvalue weighted by atomic mass is 79.9. The summed E-state index contributed by atoms with van der Waals surface area (Å²) in [5.74, 6) is 0.825. The van der Waals surface area contributed by atoms with Crippen LogP contribution in [-0.4, -0.2) is 0 Å². The fourth-order valence-electron chi connectivity index (χ4n) is 1.25. The van der Waals surface area contributed by atoms with Gasteiger partial charge in [0.2, 0.25) is 0 Å². The van der Waals surface area contributed by atoms with Crippen molar-refractivity contribution in [1.82, 2.24) is 0 Å². The number of rotatable bonds is 3. The van der Waals surface area contributed by atoms with Gasteiger partial charge in [-0.3, -0.25) is 0 Å². The maximum Gasteiger partial charge on any atom is 0.292 e. The van der Waals surface area contributed by atoms with Gasteiger partial charge < -0.3 is 21.7 Å². The number of aromatic nitrogens is 1. The number of halogens is 3. The van der Waals surface area contributed by atoms with Gasteiger partial charge in [0.15, 0.2) is 12.4 Å². The van der Waals surface area contributed by atoms with Gasteiger partial charge in [-0.05, 0) is 34.1 Å². The topological polar surface area (TPSA) is 13.1 Å². The first-order valence-electron chi connectivity index (χ1n) is 4.77. The lowest BCUT2D eigenvalue weighted by molar-refractivity contribution is -0.724. The quantitative estimate of drug-likeness (QED) is 0.657. The summed E-state index contributed by atoms with van der Waals surface area (Å²) in [5.41, 5.74) is 0. The van der Waals surface area contributed by atoms with E-state index in [1.165, 1.54) is 0 Å². The van der Waals surface area contributed by atoms with Crippen LogP contribution in [0, 0.1) is 0 Å². The third-order valence-electron chi connectivity index (χ3n) is 2.04. The maximum absolute atomic E-state index is 5.69. The molecule has 0 amide bonds. The predicted molar refractivity (Wildman–Crippen MR) is 69.1 cm³/mol. The average molecular weight is 424 g/mol. The molecule has 0 bridgehead atoms. The summed E-state index contributed by atoms with van der Waals surface area (Å²) in [5, 5.41) is 0. The largest absolute Gasteiger partial charge is 1.00 e. The second-order valence-corrected chi connectivity index (χ2v) is 5.01. The third-order valence-corrected chi connectivity index (χ3v) is 3.19. The maximum atomic E-state index is 5.69. The molecule has 1 aromatic carbocycles. The molecule has 0 aliphatic carbocycles. The number of nitrogens with zero attached hydrogens (tertiary/aromatic N) is 1. The zero-order valence-electron chi connectivity index (χ0n) is 8.82. The Bertz CT molecular complexity index is 476. The van der Waals surface area contributed by atoms with E-state index in [9.17, 15) is 0 Å². The van der Waals surface area contributed by atoms with Gasteiger partial charge >= 0.3 is 0 Å². The molecule has 2 nitrogen and oxygen atoms in total. The van der Waals surface area contributed by atoms with Crippen LogP contribution < -0.4 is 26.3 Å². The average Bonchev–Trinajstić information content (AvgIpc) is 2.32. The molecule has 0 radical (unpaired) electrons. The van der Waals surface area contributed by atoms with Gasteiger partial charge in [-0.15, -0.1) is 0 Å². The van der Waals surface area contributed by atoms with Crippen molar-refractivity contribution in [2.45, 2.75) is 6.73 Å². The highest BCUT2D eigenvalue weighted by Gasteiger charge is 2.04. The molecule has 2 rings (SSSR count). The summed E-state index contributed by atoms with van der Waals surface area (Å²) in [6.45, 7) is 0.496. The van der Waals surface area contributed by atoms with E-state index in [1.807, 2.05) is 53.4 Å². The first-order valence-corrected chi connectivity index (χ1v) is 6.36. The Kier molecular flexibility index (Phi) is 6.16. The molecule has 0 fully saturated rings. The molecule has 0 saturated carbocycles. The number of ether oxygens (including phenoxy) is 1. The number of hydrogen-bond acceptors (Lipinski definition) is 1. The van der Waals surface area contributed by atoms with Crippen molar-refractivity contribution in [2.75, 3.05) is 0 Å². The highest BCUT2D eigenvalue weighted by Crippen LogP contribution is 2.28. The molecule has 0 aliphatic rings. The summed E-state index contributed by atoms with van der Waals surface area (Å²) in [7, 11) is 0. The van der Waals surface area contributed by atoms with Crippen molar-refractivity contribution in [2.24, 2.45) is 0 Å². The van der Waals surface area contributed by atoms with Crippen molar-refractivity contribution in [3.63, 3.8) is 0 Å². The first-order chi connectivity index (χ1) is 7.75. The molecule has 5 heteroatoms. The molecule has 0 spiro atoms. The van der Waals surface area contributed by atoms with E-state index in [1.54, 1.807) is 0 Å². The van der Waals surface area contributed by atoms with Crippen molar-refractivity contribution in [3.05, 3.63) is 57.7 Å². The summed E-state index contributed by atoms with van der Waals surface area (Å²) >= 11 is 6.86. The molecule has 0 saturated heterocycles. The van der Waals surface area contributed by atoms with Crippen LogP contribution in [0.1, 0.15) is 0 Å². The minimum absolute atomic E-state index is 0. The number of benzene rings is 1. The summed E-state index contributed by atoms with van der Waals surface area (Å²) in [6.07, 6.45) is 3.93. The van der Waals surface area contributed by atoms with Crippen LogP contribution in [0.3, 0.4) is 0 Å². The van der Waals surface area contributed by atoms with Gasteiger partial charge in [0.25, 0.3) is 6.73 Å². The fourth-order valence-corrected chi connectivity index (χ4v) is 1.95. The second-order valence-electron chi connectivity index (χ2n) is 3.24. The summed E-state index contributed by atoms with van der Waals surface area (Å²) in [4.78, 5) is 0. The standard InChI is InChI=1S/C12H10Br2NO.BrH/c13-10-4-5-11(14)12(8-10)16-9-15-6-2-1-3-7-15;/h1-8H,9H2;1H/q+1;/p-1. The minimum atomic E-state index is 0. The van der Waals surface area contributed by atoms with Gasteiger partial charge in [0.05, 0.1) is 4.47 Å². The van der Waals surface area contributed by atoms with E-state index in [-0.39, 0.29) is 17.0 Å². The van der Waals surface area contributed by atoms with Gasteiger partial charge in [-0.2, -0.15) is 4.57 Å². The number of hydrogen-bond donors (Lipinski definition) is 0. The lowest BCUT2D eigenvalue weighted by Crippen LogP contribution is -3.00. The van der Waals surface area contributed by atoms with E-state index in [0.717, 1.165) is 14.7 Å². The van der Waals surface area contributed by atoms with Crippen LogP contribution in [0.5, 0.6) is 5.75 Å². The molecule has 90 valence electrons. The fraction of sp³-hybridized carbons (Fsp3) is 0.0833. The minimum Gasteiger partial charge on any atom is -1.00 e. The van der Waals surface area contributed by atoms with Crippen LogP contribution >= 0.6 is 31.9 Å². The molecule has 0 N–H and O–H groups in total. The second kappa shape index (κ2) is 7.13. The van der Waals surface area contributed by atoms with Gasteiger partial charge in [0, 0.05) is 16.6 Å². The van der Waals surface area contributed by atoms with E-state index in [4.69, 9.17) is 4.74 Å². The molecular weight excluding hydrogens is 414 g/mol. The zero-order valence-corrected chi connectivity index (χ0v) is 13.6. The molecule has 0 aliphatic heterocycles. The van der Waals surface area contributed by atoms with Crippen LogP contribution in [0.4, 0.5) is 0 Å². The Balaban J connectivity index is 0.00000144. The van der Waals surface area contributed by atoms with Crippen LogP contribution in [-0.2, 0) is 6.73 Å². The highest BCUT2D eigenvalue weighted by molar-refractivity contribution is 9.11. The molecule has 2 aromatic rings. The van der Waals surface area contributed by atoms with Crippen molar-refractivity contribution < 1.29 is 26.3 Å². The Morgan fingerprint density at radius 1 is 1.06 bits per heavy atom. The predicted octanol–water partition coefficient (Wildman–Crippen LogP) is 0.540. The van der Waals surface area contributed by atoms with Gasteiger partial charge in [0.1, 0.15) is 5.75 Å². The Labute approximate surface area is 128 Å². The SMILES string of the molecule is Brc1ccc(Br)c(OC[n+]2ccccc2)c1.[Br-]. The Morgan fingerprint density at radius 2 is 1.76 bits per heavy atom. The van der Waals surface area contributed by atoms with E-state index in [2.05, 4.69) is 31.9 Å². The van der Waals surface area contributed by atoms with Gasteiger partial charge in [-0.1, -0.05) is 22.0 Å². The Hall–Kier alpha value is -0.390. The van der Waals surface area contributed by atoms with Crippen LogP contribution in [0.2, 0.25) is 0 Å². The molecule has 0 atom stereocenters. The lowest BCUT2D eigenvalue weighted by Gasteiger charge is -2.05. The van der Waals surface area contributed by atoms with Gasteiger partial charge in [-0.25, -0.2) is 0 Å².